The van der Waals surface area contributed by atoms with Gasteiger partial charge in [0.1, 0.15) is 0 Å². The zero-order chi connectivity index (χ0) is 4.12. The first kappa shape index (κ1) is 4.82. The van der Waals surface area contributed by atoms with Crippen molar-refractivity contribution in [3.05, 3.63) is 0 Å². The van der Waals surface area contributed by atoms with Crippen LogP contribution in [0.25, 0.3) is 0 Å². The van der Waals surface area contributed by atoms with Crippen LogP contribution >= 0.6 is 0 Å². The van der Waals surface area contributed by atoms with Crippen molar-refractivity contribution in [1.82, 2.24) is 0 Å². The molecule has 2 nitrogen and oxygen atoms in total. The standard InChI is InChI=1S/C2H6O2Si/c1-2-4-5-3/h5H,2H2,1H3. The third kappa shape index (κ3) is 3.82. The summed E-state index contributed by atoms with van der Waals surface area (Å²) in [5, 5.41) is 0. The first-order valence-corrected chi connectivity index (χ1v) is 2.41. The minimum Gasteiger partial charge on any atom is -0.526 e. The summed E-state index contributed by atoms with van der Waals surface area (Å²) in [5.74, 6) is 0. The SMILES string of the molecule is CCO[SiH]=O. The molecule has 0 N–H and O–H groups in total. The molecule has 0 amide bonds. The van der Waals surface area contributed by atoms with Crippen molar-refractivity contribution in [1.29, 1.82) is 0 Å². The molecule has 0 aliphatic heterocycles. The molecule has 0 spiro atoms. The molecular weight excluding hydrogens is 84.1 g/mol. The van der Waals surface area contributed by atoms with Crippen molar-refractivity contribution >= 4 is 9.65 Å². The average molecular weight is 90.2 g/mol. The Balaban J connectivity index is 2.40. The van der Waals surface area contributed by atoms with Crippen molar-refractivity contribution in [3.8, 4) is 0 Å². The van der Waals surface area contributed by atoms with Crippen LogP contribution in [0.2, 0.25) is 0 Å². The van der Waals surface area contributed by atoms with E-state index < -0.39 is 9.65 Å². The second-order valence-corrected chi connectivity index (χ2v) is 1.08. The Hall–Kier alpha value is -0.183. The molecule has 0 rings (SSSR count). The summed E-state index contributed by atoms with van der Waals surface area (Å²) in [4.78, 5) is 0. The van der Waals surface area contributed by atoms with Gasteiger partial charge in [0.15, 0.2) is 0 Å². The number of hydrogen-bond donors (Lipinski definition) is 0. The highest BCUT2D eigenvalue weighted by Crippen LogP contribution is 1.54. The van der Waals surface area contributed by atoms with Crippen LogP contribution in [0, 0.1) is 0 Å². The molecule has 0 saturated heterocycles. The van der Waals surface area contributed by atoms with E-state index in [-0.39, 0.29) is 0 Å². The Bertz CT molecular complexity index is 28.8. The van der Waals surface area contributed by atoms with E-state index in [1.54, 1.807) is 0 Å². The minimum atomic E-state index is -0.964. The lowest BCUT2D eigenvalue weighted by molar-refractivity contribution is 0.329. The van der Waals surface area contributed by atoms with Crippen molar-refractivity contribution in [3.63, 3.8) is 0 Å². The molecule has 0 atom stereocenters. The first-order valence-electron chi connectivity index (χ1n) is 1.47. The van der Waals surface area contributed by atoms with Gasteiger partial charge in [-0.1, -0.05) is 0 Å². The second-order valence-electron chi connectivity index (χ2n) is 0.552. The highest BCUT2D eigenvalue weighted by molar-refractivity contribution is 6.06. The molecule has 0 aromatic carbocycles. The predicted octanol–water partition coefficient (Wildman–Crippen LogP) is -0.280. The molecule has 0 heterocycles. The van der Waals surface area contributed by atoms with Crippen molar-refractivity contribution < 1.29 is 8.89 Å². The van der Waals surface area contributed by atoms with Gasteiger partial charge in [-0.25, -0.2) is 0 Å². The van der Waals surface area contributed by atoms with Gasteiger partial charge in [-0.05, 0) is 6.92 Å². The lowest BCUT2D eigenvalue weighted by Gasteiger charge is -1.80. The molecule has 0 saturated carbocycles. The fourth-order valence-electron chi connectivity index (χ4n) is 0.0680. The zero-order valence-electron chi connectivity index (χ0n) is 3.10. The number of rotatable bonds is 2. The van der Waals surface area contributed by atoms with Crippen molar-refractivity contribution in [2.45, 2.75) is 6.92 Å². The Morgan fingerprint density at radius 2 is 2.60 bits per heavy atom. The maximum atomic E-state index is 9.39. The van der Waals surface area contributed by atoms with E-state index in [1.807, 2.05) is 6.92 Å². The van der Waals surface area contributed by atoms with Gasteiger partial charge in [-0.15, -0.1) is 0 Å². The number of hydrogen-bond acceptors (Lipinski definition) is 2. The van der Waals surface area contributed by atoms with Crippen LogP contribution < -0.4 is 0 Å². The maximum Gasteiger partial charge on any atom is 0.487 e. The Labute approximate surface area is 33.1 Å². The first-order chi connectivity index (χ1) is 2.41. The minimum absolute atomic E-state index is 0.568. The van der Waals surface area contributed by atoms with E-state index in [2.05, 4.69) is 4.43 Å². The molecule has 0 unspecified atom stereocenters. The van der Waals surface area contributed by atoms with Gasteiger partial charge in [-0.3, -0.25) is 0 Å². The van der Waals surface area contributed by atoms with Crippen molar-refractivity contribution in [2.24, 2.45) is 0 Å². The highest BCUT2D eigenvalue weighted by atomic mass is 28.2. The molecule has 0 fully saturated rings. The van der Waals surface area contributed by atoms with Crippen LogP contribution in [0.1, 0.15) is 6.92 Å². The van der Waals surface area contributed by atoms with E-state index in [1.165, 1.54) is 0 Å². The lowest BCUT2D eigenvalue weighted by Crippen LogP contribution is -1.83. The summed E-state index contributed by atoms with van der Waals surface area (Å²) in [6.07, 6.45) is 0. The molecule has 5 heavy (non-hydrogen) atoms. The van der Waals surface area contributed by atoms with Gasteiger partial charge in [0.05, 0.1) is 6.61 Å². The summed E-state index contributed by atoms with van der Waals surface area (Å²) in [6.45, 7) is 2.38. The van der Waals surface area contributed by atoms with Gasteiger partial charge in [0.25, 0.3) is 0 Å². The molecular formula is C2H6O2Si. The van der Waals surface area contributed by atoms with E-state index >= 15 is 0 Å². The third-order valence-electron chi connectivity index (χ3n) is 0.235. The lowest BCUT2D eigenvalue weighted by atomic mass is 10.9. The molecule has 0 radical (unpaired) electrons. The Kier molecular flexibility index (Phi) is 3.68. The van der Waals surface area contributed by atoms with Crippen LogP contribution in [0.5, 0.6) is 0 Å². The van der Waals surface area contributed by atoms with Crippen LogP contribution in [-0.2, 0) is 8.89 Å². The molecule has 3 heteroatoms. The molecule has 30 valence electrons. The Morgan fingerprint density at radius 1 is 2.00 bits per heavy atom. The molecule has 0 aliphatic carbocycles. The quantitative estimate of drug-likeness (QED) is 0.436. The van der Waals surface area contributed by atoms with Crippen LogP contribution in [0.15, 0.2) is 0 Å². The van der Waals surface area contributed by atoms with E-state index in [0.717, 1.165) is 0 Å². The largest absolute Gasteiger partial charge is 0.526 e. The zero-order valence-corrected chi connectivity index (χ0v) is 4.26. The van der Waals surface area contributed by atoms with Crippen LogP contribution in [0.3, 0.4) is 0 Å². The van der Waals surface area contributed by atoms with E-state index in [4.69, 9.17) is 0 Å². The summed E-state index contributed by atoms with van der Waals surface area (Å²) >= 11 is 0. The topological polar surface area (TPSA) is 26.3 Å². The average Bonchev–Trinajstić information content (AvgIpc) is 1.41. The van der Waals surface area contributed by atoms with Crippen molar-refractivity contribution in [2.75, 3.05) is 6.61 Å². The third-order valence-corrected chi connectivity index (χ3v) is 0.704. The van der Waals surface area contributed by atoms with E-state index in [0.29, 0.717) is 6.61 Å². The monoisotopic (exact) mass is 90.0 g/mol. The summed E-state index contributed by atoms with van der Waals surface area (Å²) in [5.41, 5.74) is 0. The molecule has 0 aromatic rings. The second kappa shape index (κ2) is 3.82. The van der Waals surface area contributed by atoms with Gasteiger partial charge in [0.2, 0.25) is 0 Å². The summed E-state index contributed by atoms with van der Waals surface area (Å²) in [7, 11) is -0.964. The fourth-order valence-corrected chi connectivity index (χ4v) is 0.204. The van der Waals surface area contributed by atoms with Gasteiger partial charge in [-0.2, -0.15) is 0 Å². The van der Waals surface area contributed by atoms with Gasteiger partial charge >= 0.3 is 9.65 Å². The molecule has 0 bridgehead atoms. The van der Waals surface area contributed by atoms with Gasteiger partial charge in [0, 0.05) is 0 Å². The van der Waals surface area contributed by atoms with E-state index in [9.17, 15) is 4.46 Å². The van der Waals surface area contributed by atoms with Crippen LogP contribution in [0.4, 0.5) is 0 Å². The maximum absolute atomic E-state index is 9.39. The normalized spacial score (nSPS) is 6.60. The van der Waals surface area contributed by atoms with Crippen LogP contribution in [-0.4, -0.2) is 16.3 Å². The molecule has 0 aromatic heterocycles. The van der Waals surface area contributed by atoms with Gasteiger partial charge < -0.3 is 8.89 Å². The summed E-state index contributed by atoms with van der Waals surface area (Å²) < 4.78 is 13.8. The fraction of sp³-hybridized carbons (Fsp3) is 1.00. The predicted molar refractivity (Wildman–Crippen MR) is 19.5 cm³/mol. The Morgan fingerprint density at radius 3 is 2.60 bits per heavy atom. The summed E-state index contributed by atoms with van der Waals surface area (Å²) in [6, 6.07) is 0. The highest BCUT2D eigenvalue weighted by Gasteiger charge is 1.63. The smallest absolute Gasteiger partial charge is 0.487 e. The molecule has 0 aliphatic rings.